The first kappa shape index (κ1) is 12.4. The number of ether oxygens (including phenoxy) is 2. The van der Waals surface area contributed by atoms with Gasteiger partial charge in [-0.2, -0.15) is 0 Å². The van der Waals surface area contributed by atoms with Crippen LogP contribution in [0.5, 0.6) is 11.5 Å². The number of rotatable bonds is 3. The molecule has 0 amide bonds. The average Bonchev–Trinajstić information content (AvgIpc) is 2.41. The van der Waals surface area contributed by atoms with E-state index in [4.69, 9.17) is 9.47 Å². The third-order valence-electron chi connectivity index (χ3n) is 3.09. The van der Waals surface area contributed by atoms with E-state index in [-0.39, 0.29) is 11.7 Å². The van der Waals surface area contributed by atoms with Gasteiger partial charge in [-0.1, -0.05) is 24.3 Å². The van der Waals surface area contributed by atoms with Gasteiger partial charge in [0.25, 0.3) is 0 Å². The highest BCUT2D eigenvalue weighted by Crippen LogP contribution is 2.33. The molecule has 0 fully saturated rings. The van der Waals surface area contributed by atoms with E-state index in [1.54, 1.807) is 14.2 Å². The van der Waals surface area contributed by atoms with Gasteiger partial charge < -0.3 is 9.47 Å². The summed E-state index contributed by atoms with van der Waals surface area (Å²) in [6.07, 6.45) is 5.65. The topological polar surface area (TPSA) is 35.5 Å². The monoisotopic (exact) mass is 244 g/mol. The lowest BCUT2D eigenvalue weighted by molar-refractivity contribution is -0.116. The molecule has 3 heteroatoms. The quantitative estimate of drug-likeness (QED) is 0.820. The van der Waals surface area contributed by atoms with E-state index in [2.05, 4.69) is 0 Å². The van der Waals surface area contributed by atoms with Crippen LogP contribution in [0, 0.1) is 0 Å². The van der Waals surface area contributed by atoms with Gasteiger partial charge in [-0.15, -0.1) is 0 Å². The molecule has 1 aromatic carbocycles. The van der Waals surface area contributed by atoms with E-state index < -0.39 is 0 Å². The van der Waals surface area contributed by atoms with Crippen molar-refractivity contribution in [2.24, 2.45) is 0 Å². The Labute approximate surface area is 107 Å². The fraction of sp³-hybridized carbons (Fsp3) is 0.267. The second-order valence-corrected chi connectivity index (χ2v) is 4.19. The van der Waals surface area contributed by atoms with Crippen molar-refractivity contribution in [2.45, 2.75) is 12.8 Å². The normalized spacial score (nSPS) is 18.5. The number of ketones is 1. The number of carbonyl (C=O) groups is 1. The Morgan fingerprint density at radius 1 is 1.11 bits per heavy atom. The maximum absolute atomic E-state index is 12.1. The molecule has 0 spiro atoms. The maximum atomic E-state index is 12.1. The molecular weight excluding hydrogens is 228 g/mol. The standard InChI is InChI=1S/C15H16O3/c1-10-5-4-6-12(15(10)16)11-7-8-13(17-2)14(9-11)18-3/h4-9,12H,1-3H3. The minimum atomic E-state index is -0.227. The van der Waals surface area contributed by atoms with Crippen LogP contribution in [-0.2, 0) is 4.79 Å². The Morgan fingerprint density at radius 2 is 1.83 bits per heavy atom. The Bertz CT molecular complexity index is 527. The van der Waals surface area contributed by atoms with E-state index in [1.807, 2.05) is 43.4 Å². The average molecular weight is 244 g/mol. The second kappa shape index (κ2) is 5.08. The molecule has 3 nitrogen and oxygen atoms in total. The van der Waals surface area contributed by atoms with Crippen molar-refractivity contribution < 1.29 is 14.3 Å². The molecule has 1 aromatic rings. The molecule has 0 aromatic heterocycles. The van der Waals surface area contributed by atoms with Crippen LogP contribution in [-0.4, -0.2) is 20.0 Å². The van der Waals surface area contributed by atoms with Crippen LogP contribution in [0.2, 0.25) is 0 Å². The van der Waals surface area contributed by atoms with Crippen molar-refractivity contribution in [1.29, 1.82) is 0 Å². The second-order valence-electron chi connectivity index (χ2n) is 4.19. The molecule has 0 N–H and O–H groups in total. The molecule has 0 radical (unpaired) electrons. The van der Waals surface area contributed by atoms with Gasteiger partial charge in [-0.05, 0) is 30.2 Å². The van der Waals surface area contributed by atoms with Crippen molar-refractivity contribution >= 4 is 5.78 Å². The number of carbonyl (C=O) groups excluding carboxylic acids is 1. The summed E-state index contributed by atoms with van der Waals surface area (Å²) in [5, 5.41) is 0. The zero-order chi connectivity index (χ0) is 13.1. The van der Waals surface area contributed by atoms with Gasteiger partial charge in [0.2, 0.25) is 0 Å². The summed E-state index contributed by atoms with van der Waals surface area (Å²) in [5.41, 5.74) is 1.69. The highest BCUT2D eigenvalue weighted by molar-refractivity contribution is 6.02. The van der Waals surface area contributed by atoms with Crippen LogP contribution in [0.15, 0.2) is 42.0 Å². The van der Waals surface area contributed by atoms with Gasteiger partial charge in [-0.25, -0.2) is 0 Å². The molecule has 18 heavy (non-hydrogen) atoms. The molecule has 94 valence electrons. The number of hydrogen-bond acceptors (Lipinski definition) is 3. The van der Waals surface area contributed by atoms with Gasteiger partial charge in [0, 0.05) is 0 Å². The smallest absolute Gasteiger partial charge is 0.169 e. The lowest BCUT2D eigenvalue weighted by Crippen LogP contribution is -2.14. The number of allylic oxidation sites excluding steroid dienone is 4. The number of hydrogen-bond donors (Lipinski definition) is 0. The molecule has 1 aliphatic rings. The lowest BCUT2D eigenvalue weighted by atomic mass is 9.87. The summed E-state index contributed by atoms with van der Waals surface area (Å²) in [6, 6.07) is 5.57. The summed E-state index contributed by atoms with van der Waals surface area (Å²) in [7, 11) is 3.18. The third-order valence-corrected chi connectivity index (χ3v) is 3.09. The molecule has 0 bridgehead atoms. The van der Waals surface area contributed by atoms with Crippen LogP contribution in [0.25, 0.3) is 0 Å². The summed E-state index contributed by atoms with van der Waals surface area (Å²) in [6.45, 7) is 1.83. The molecule has 1 atom stereocenters. The zero-order valence-corrected chi connectivity index (χ0v) is 10.8. The molecular formula is C15H16O3. The first-order valence-corrected chi connectivity index (χ1v) is 5.78. The molecule has 1 aliphatic carbocycles. The minimum Gasteiger partial charge on any atom is -0.493 e. The molecule has 0 aliphatic heterocycles. The van der Waals surface area contributed by atoms with E-state index >= 15 is 0 Å². The van der Waals surface area contributed by atoms with E-state index in [0.29, 0.717) is 11.5 Å². The summed E-state index contributed by atoms with van der Waals surface area (Å²) in [4.78, 5) is 12.1. The molecule has 0 saturated heterocycles. The zero-order valence-electron chi connectivity index (χ0n) is 10.8. The van der Waals surface area contributed by atoms with Crippen molar-refractivity contribution in [2.75, 3.05) is 14.2 Å². The first-order valence-electron chi connectivity index (χ1n) is 5.78. The molecule has 2 rings (SSSR count). The fourth-order valence-electron chi connectivity index (χ4n) is 2.03. The fourth-order valence-corrected chi connectivity index (χ4v) is 2.03. The maximum Gasteiger partial charge on any atom is 0.169 e. The van der Waals surface area contributed by atoms with Crippen molar-refractivity contribution in [1.82, 2.24) is 0 Å². The van der Waals surface area contributed by atoms with Crippen LogP contribution < -0.4 is 9.47 Å². The number of Topliss-reactive ketones (excluding diaryl/α,β-unsaturated/α-hetero) is 1. The summed E-state index contributed by atoms with van der Waals surface area (Å²) in [5.74, 6) is 1.21. The minimum absolute atomic E-state index is 0.129. The van der Waals surface area contributed by atoms with E-state index in [0.717, 1.165) is 11.1 Å². The number of methoxy groups -OCH3 is 2. The van der Waals surface area contributed by atoms with E-state index in [9.17, 15) is 4.79 Å². The highest BCUT2D eigenvalue weighted by Gasteiger charge is 2.22. The van der Waals surface area contributed by atoms with Crippen LogP contribution >= 0.6 is 0 Å². The van der Waals surface area contributed by atoms with Crippen molar-refractivity contribution in [3.05, 3.63) is 47.6 Å². The Morgan fingerprint density at radius 3 is 2.50 bits per heavy atom. The number of benzene rings is 1. The van der Waals surface area contributed by atoms with Gasteiger partial charge in [0.15, 0.2) is 17.3 Å². The third kappa shape index (κ3) is 2.16. The van der Waals surface area contributed by atoms with Gasteiger partial charge in [0.05, 0.1) is 20.1 Å². The summed E-state index contributed by atoms with van der Waals surface area (Å²) < 4.78 is 10.4. The molecule has 0 heterocycles. The first-order chi connectivity index (χ1) is 8.67. The predicted molar refractivity (Wildman–Crippen MR) is 70.2 cm³/mol. The van der Waals surface area contributed by atoms with Crippen LogP contribution in [0.4, 0.5) is 0 Å². The molecule has 0 saturated carbocycles. The summed E-state index contributed by atoms with van der Waals surface area (Å²) >= 11 is 0. The van der Waals surface area contributed by atoms with Gasteiger partial charge in [0.1, 0.15) is 0 Å². The predicted octanol–water partition coefficient (Wildman–Crippen LogP) is 2.87. The highest BCUT2D eigenvalue weighted by atomic mass is 16.5. The Hall–Kier alpha value is -2.03. The molecule has 1 unspecified atom stereocenters. The Balaban J connectivity index is 2.38. The van der Waals surface area contributed by atoms with Crippen molar-refractivity contribution in [3.63, 3.8) is 0 Å². The lowest BCUT2D eigenvalue weighted by Gasteiger charge is -2.17. The van der Waals surface area contributed by atoms with Crippen LogP contribution in [0.3, 0.4) is 0 Å². The Kier molecular flexibility index (Phi) is 3.51. The van der Waals surface area contributed by atoms with Crippen LogP contribution in [0.1, 0.15) is 18.4 Å². The van der Waals surface area contributed by atoms with E-state index in [1.165, 1.54) is 0 Å². The SMILES string of the molecule is COc1ccc(C2C=CC=C(C)C2=O)cc1OC. The largest absolute Gasteiger partial charge is 0.493 e. The van der Waals surface area contributed by atoms with Gasteiger partial charge in [-0.3, -0.25) is 4.79 Å². The van der Waals surface area contributed by atoms with Crippen molar-refractivity contribution in [3.8, 4) is 11.5 Å². The van der Waals surface area contributed by atoms with Gasteiger partial charge >= 0.3 is 0 Å².